The lowest BCUT2D eigenvalue weighted by Crippen LogP contribution is -1.86. The van der Waals surface area contributed by atoms with Gasteiger partial charge >= 0.3 is 0 Å². The van der Waals surface area contributed by atoms with E-state index in [0.29, 0.717) is 4.90 Å². The Morgan fingerprint density at radius 3 is 1.79 bits per heavy atom. The van der Waals surface area contributed by atoms with E-state index < -0.39 is 11.1 Å². The predicted molar refractivity (Wildman–Crippen MR) is 58.7 cm³/mol. The molecule has 0 saturated carbocycles. The van der Waals surface area contributed by atoms with E-state index in [1.54, 1.807) is 12.1 Å². The van der Waals surface area contributed by atoms with Crippen molar-refractivity contribution < 1.29 is 13.6 Å². The van der Waals surface area contributed by atoms with Gasteiger partial charge < -0.3 is 9.35 Å². The zero-order valence-corrected chi connectivity index (χ0v) is 9.50. The molecule has 4 heteroatoms. The van der Waals surface area contributed by atoms with Gasteiger partial charge in [0.15, 0.2) is 11.1 Å². The Morgan fingerprint density at radius 1 is 1.14 bits per heavy atom. The van der Waals surface area contributed by atoms with Gasteiger partial charge in [-0.1, -0.05) is 31.5 Å². The number of rotatable bonds is 1. The molecule has 0 heterocycles. The molecule has 1 rings (SSSR count). The van der Waals surface area contributed by atoms with Crippen LogP contribution in [0.4, 0.5) is 0 Å². The van der Waals surface area contributed by atoms with Gasteiger partial charge in [0, 0.05) is 0 Å². The summed E-state index contributed by atoms with van der Waals surface area (Å²) in [5, 5.41) is 0. The Hall–Kier alpha value is -1.00. The molecule has 0 aliphatic heterocycles. The Labute approximate surface area is 87.4 Å². The van der Waals surface area contributed by atoms with Crippen LogP contribution < -0.4 is 0 Å². The van der Waals surface area contributed by atoms with Crippen LogP contribution in [0.5, 0.6) is 0 Å². The zero-order chi connectivity index (χ0) is 11.6. The smallest absolute Gasteiger partial charge is 0.186 e. The molecule has 0 fully saturated rings. The second-order valence-electron chi connectivity index (χ2n) is 2.06. The van der Waals surface area contributed by atoms with Gasteiger partial charge in [-0.25, -0.2) is 4.21 Å². The summed E-state index contributed by atoms with van der Waals surface area (Å²) < 4.78 is 19.0. The van der Waals surface area contributed by atoms with Crippen LogP contribution in [-0.4, -0.2) is 15.6 Å². The highest BCUT2D eigenvalue weighted by atomic mass is 32.2. The fourth-order valence-electron chi connectivity index (χ4n) is 0.655. The third-order valence-electron chi connectivity index (χ3n) is 1.22. The van der Waals surface area contributed by atoms with Gasteiger partial charge in [-0.3, -0.25) is 0 Å². The molecule has 1 aromatic carbocycles. The van der Waals surface area contributed by atoms with Crippen molar-refractivity contribution >= 4 is 17.9 Å². The molecule has 0 aromatic heterocycles. The fourth-order valence-corrected chi connectivity index (χ4v) is 1.02. The highest BCUT2D eigenvalue weighted by molar-refractivity contribution is 7.79. The fraction of sp³-hybridized carbons (Fsp3) is 0.300. The van der Waals surface area contributed by atoms with Crippen LogP contribution in [0.2, 0.25) is 0 Å². The minimum absolute atomic E-state index is 0.450. The van der Waals surface area contributed by atoms with Crippen LogP contribution in [0.1, 0.15) is 19.4 Å². The number of benzene rings is 1. The summed E-state index contributed by atoms with van der Waals surface area (Å²) in [5.41, 5.74) is 1.09. The van der Waals surface area contributed by atoms with Crippen LogP contribution in [0.15, 0.2) is 29.2 Å². The first kappa shape index (κ1) is 15.5. The quantitative estimate of drug-likeness (QED) is 0.733. The molecule has 3 nitrogen and oxygen atoms in total. The third kappa shape index (κ3) is 6.51. The van der Waals surface area contributed by atoms with Gasteiger partial charge in [-0.15, -0.1) is 0 Å². The molecule has 1 atom stereocenters. The average molecular weight is 216 g/mol. The van der Waals surface area contributed by atoms with Crippen molar-refractivity contribution in [3.05, 3.63) is 29.8 Å². The maximum Gasteiger partial charge on any atom is 0.186 e. The summed E-state index contributed by atoms with van der Waals surface area (Å²) in [4.78, 5) is 8.45. The second-order valence-corrected chi connectivity index (χ2v) is 3.03. The first-order valence-corrected chi connectivity index (χ1v) is 5.27. The molecular weight excluding hydrogens is 200 g/mol. The van der Waals surface area contributed by atoms with Crippen molar-refractivity contribution in [2.45, 2.75) is 25.7 Å². The van der Waals surface area contributed by atoms with Crippen LogP contribution in [-0.2, 0) is 15.9 Å². The molecule has 0 aliphatic rings. The Kier molecular flexibility index (Phi) is 11.1. The summed E-state index contributed by atoms with van der Waals surface area (Å²) in [6.07, 6.45) is 0. The van der Waals surface area contributed by atoms with E-state index in [0.717, 1.165) is 5.56 Å². The molecule has 0 radical (unpaired) electrons. The van der Waals surface area contributed by atoms with E-state index in [1.807, 2.05) is 39.7 Å². The molecule has 14 heavy (non-hydrogen) atoms. The minimum atomic E-state index is -1.84. The molecule has 1 N–H and O–H groups in total. The highest BCUT2D eigenvalue weighted by Gasteiger charge is 1.95. The summed E-state index contributed by atoms with van der Waals surface area (Å²) in [6.45, 7) is 7.93. The molecule has 0 spiro atoms. The lowest BCUT2D eigenvalue weighted by molar-refractivity contribution is -0.0979. The van der Waals surface area contributed by atoms with Gasteiger partial charge in [-0.2, -0.15) is 0 Å². The van der Waals surface area contributed by atoms with Gasteiger partial charge in [-0.05, 0) is 19.1 Å². The molecule has 1 unspecified atom stereocenters. The molecule has 0 amide bonds. The normalized spacial score (nSPS) is 10.0. The van der Waals surface area contributed by atoms with Crippen molar-refractivity contribution in [1.82, 2.24) is 0 Å². The second kappa shape index (κ2) is 10.1. The molecule has 0 aliphatic carbocycles. The zero-order valence-electron chi connectivity index (χ0n) is 8.69. The molecule has 0 saturated heterocycles. The molecule has 0 bridgehead atoms. The summed E-state index contributed by atoms with van der Waals surface area (Å²) >= 11 is -1.84. The van der Waals surface area contributed by atoms with Gasteiger partial charge in [0.05, 0.1) is 4.90 Å². The Balaban J connectivity index is 0. The predicted octanol–water partition coefficient (Wildman–Crippen LogP) is 2.42. The van der Waals surface area contributed by atoms with Crippen LogP contribution >= 0.6 is 0 Å². The highest BCUT2D eigenvalue weighted by Crippen LogP contribution is 2.05. The van der Waals surface area contributed by atoms with E-state index in [9.17, 15) is 4.21 Å². The topological polar surface area (TPSA) is 54.4 Å². The maximum absolute atomic E-state index is 10.4. The van der Waals surface area contributed by atoms with Crippen molar-refractivity contribution in [2.75, 3.05) is 0 Å². The standard InChI is InChI=1S/C7H8O2S.C2H6.CH2O/c1-6-2-4-7(5-3-6)10(8)9;2*1-2/h2-5H,1H3,(H,8,9);1-2H3;1H2. The monoisotopic (exact) mass is 216 g/mol. The number of hydrogen-bond acceptors (Lipinski definition) is 2. The van der Waals surface area contributed by atoms with Crippen molar-refractivity contribution in [3.8, 4) is 0 Å². The van der Waals surface area contributed by atoms with E-state index in [2.05, 4.69) is 0 Å². The summed E-state index contributed by atoms with van der Waals surface area (Å²) in [5.74, 6) is 0. The van der Waals surface area contributed by atoms with Gasteiger partial charge in [0.1, 0.15) is 6.79 Å². The van der Waals surface area contributed by atoms with Crippen LogP contribution in [0.25, 0.3) is 0 Å². The lowest BCUT2D eigenvalue weighted by atomic mass is 10.2. The molecule has 80 valence electrons. The van der Waals surface area contributed by atoms with E-state index in [-0.39, 0.29) is 0 Å². The van der Waals surface area contributed by atoms with E-state index in [1.165, 1.54) is 0 Å². The Morgan fingerprint density at radius 2 is 1.50 bits per heavy atom. The largest absolute Gasteiger partial charge is 0.307 e. The van der Waals surface area contributed by atoms with Crippen molar-refractivity contribution in [2.24, 2.45) is 0 Å². The maximum atomic E-state index is 10.4. The first-order chi connectivity index (χ1) is 6.70. The SMILES string of the molecule is C=O.CC.Cc1ccc(S(=O)O)cc1. The number of carbonyl (C=O) groups excluding carboxylic acids is 1. The minimum Gasteiger partial charge on any atom is -0.307 e. The third-order valence-corrected chi connectivity index (χ3v) is 1.90. The van der Waals surface area contributed by atoms with Gasteiger partial charge in [0.25, 0.3) is 0 Å². The van der Waals surface area contributed by atoms with Crippen molar-refractivity contribution in [1.29, 1.82) is 0 Å². The van der Waals surface area contributed by atoms with Crippen molar-refractivity contribution in [3.63, 3.8) is 0 Å². The molecule has 1 aromatic rings. The van der Waals surface area contributed by atoms with Crippen LogP contribution in [0, 0.1) is 6.92 Å². The number of hydrogen-bond donors (Lipinski definition) is 1. The number of aryl methyl sites for hydroxylation is 1. The van der Waals surface area contributed by atoms with Gasteiger partial charge in [0.2, 0.25) is 0 Å². The number of carbonyl (C=O) groups is 1. The van der Waals surface area contributed by atoms with E-state index in [4.69, 9.17) is 9.35 Å². The Bertz CT molecular complexity index is 257. The average Bonchev–Trinajstić information content (AvgIpc) is 2.24. The summed E-state index contributed by atoms with van der Waals surface area (Å²) in [7, 11) is 0. The summed E-state index contributed by atoms with van der Waals surface area (Å²) in [6, 6.07) is 6.91. The van der Waals surface area contributed by atoms with Crippen LogP contribution in [0.3, 0.4) is 0 Å². The first-order valence-electron chi connectivity index (χ1n) is 4.16. The molecular formula is C10H16O3S. The lowest BCUT2D eigenvalue weighted by Gasteiger charge is -1.93. The van der Waals surface area contributed by atoms with E-state index >= 15 is 0 Å².